The van der Waals surface area contributed by atoms with E-state index in [1.54, 1.807) is 36.4 Å². The van der Waals surface area contributed by atoms with E-state index in [2.05, 4.69) is 5.10 Å². The van der Waals surface area contributed by atoms with Gasteiger partial charge >= 0.3 is 0 Å². The van der Waals surface area contributed by atoms with Crippen molar-refractivity contribution in [2.75, 3.05) is 7.11 Å². The molecule has 6 heteroatoms. The number of aromatic hydroxyl groups is 1. The van der Waals surface area contributed by atoms with Crippen LogP contribution in [0.25, 0.3) is 0 Å². The van der Waals surface area contributed by atoms with E-state index in [9.17, 15) is 14.7 Å². The molecule has 1 heterocycles. The van der Waals surface area contributed by atoms with Crippen molar-refractivity contribution in [1.29, 1.82) is 0 Å². The van der Waals surface area contributed by atoms with Gasteiger partial charge in [0.2, 0.25) is 0 Å². The molecule has 6 nitrogen and oxygen atoms in total. The number of amides is 2. The molecule has 0 saturated carbocycles. The molecule has 0 radical (unpaired) electrons. The Morgan fingerprint density at radius 2 is 1.73 bits per heavy atom. The quantitative estimate of drug-likeness (QED) is 0.694. The Morgan fingerprint density at radius 3 is 2.27 bits per heavy atom. The first-order chi connectivity index (χ1) is 10.6. The number of nitrogens with zero attached hydrogens (tertiary/aromatic N) is 2. The first-order valence-corrected chi connectivity index (χ1v) is 6.50. The second-order valence-corrected chi connectivity index (χ2v) is 4.64. The number of methoxy groups -OCH3 is 1. The Labute approximate surface area is 126 Å². The van der Waals surface area contributed by atoms with E-state index in [4.69, 9.17) is 4.74 Å². The lowest BCUT2D eigenvalue weighted by atomic mass is 10.1. The van der Waals surface area contributed by atoms with Crippen LogP contribution in [-0.2, 0) is 0 Å². The smallest absolute Gasteiger partial charge is 0.282 e. The van der Waals surface area contributed by atoms with Gasteiger partial charge in [-0.05, 0) is 35.9 Å². The molecule has 2 aromatic rings. The van der Waals surface area contributed by atoms with E-state index in [0.717, 1.165) is 5.01 Å². The largest absolute Gasteiger partial charge is 0.504 e. The Hall–Kier alpha value is -3.15. The van der Waals surface area contributed by atoms with E-state index in [1.807, 2.05) is 0 Å². The summed E-state index contributed by atoms with van der Waals surface area (Å²) in [5, 5.41) is 14.4. The molecule has 2 amide bonds. The number of hydrazone groups is 1. The van der Waals surface area contributed by atoms with Gasteiger partial charge in [-0.25, -0.2) is 0 Å². The van der Waals surface area contributed by atoms with Crippen LogP contribution in [0.5, 0.6) is 11.5 Å². The monoisotopic (exact) mass is 296 g/mol. The number of phenolic OH excluding ortho intramolecular Hbond substituents is 1. The maximum Gasteiger partial charge on any atom is 0.282 e. The third kappa shape index (κ3) is 2.20. The molecule has 0 spiro atoms. The van der Waals surface area contributed by atoms with Gasteiger partial charge in [0.1, 0.15) is 0 Å². The minimum Gasteiger partial charge on any atom is -0.504 e. The molecule has 0 aliphatic carbocycles. The summed E-state index contributed by atoms with van der Waals surface area (Å²) < 4.78 is 4.94. The molecule has 1 N–H and O–H groups in total. The Balaban J connectivity index is 1.87. The fourth-order valence-electron chi connectivity index (χ4n) is 2.19. The summed E-state index contributed by atoms with van der Waals surface area (Å²) in [7, 11) is 1.45. The number of hydrogen-bond donors (Lipinski definition) is 1. The van der Waals surface area contributed by atoms with Crippen LogP contribution in [0.2, 0.25) is 0 Å². The Kier molecular flexibility index (Phi) is 3.34. The second kappa shape index (κ2) is 5.33. The summed E-state index contributed by atoms with van der Waals surface area (Å²) in [4.78, 5) is 24.2. The third-order valence-corrected chi connectivity index (χ3v) is 3.30. The van der Waals surface area contributed by atoms with Crippen molar-refractivity contribution < 1.29 is 19.4 Å². The van der Waals surface area contributed by atoms with Crippen molar-refractivity contribution in [1.82, 2.24) is 5.01 Å². The molecule has 3 rings (SSSR count). The van der Waals surface area contributed by atoms with Crippen LogP contribution in [0.15, 0.2) is 47.6 Å². The van der Waals surface area contributed by atoms with Crippen molar-refractivity contribution in [2.24, 2.45) is 5.10 Å². The van der Waals surface area contributed by atoms with Gasteiger partial charge in [0.05, 0.1) is 24.5 Å². The van der Waals surface area contributed by atoms with Crippen molar-refractivity contribution in [2.45, 2.75) is 0 Å². The highest BCUT2D eigenvalue weighted by atomic mass is 16.5. The Morgan fingerprint density at radius 1 is 1.09 bits per heavy atom. The molecule has 0 bridgehead atoms. The summed E-state index contributed by atoms with van der Waals surface area (Å²) in [5.74, 6) is -0.643. The van der Waals surface area contributed by atoms with Gasteiger partial charge in [-0.3, -0.25) is 9.59 Å². The number of ether oxygens (including phenoxy) is 1. The van der Waals surface area contributed by atoms with E-state index >= 15 is 0 Å². The van der Waals surface area contributed by atoms with Crippen LogP contribution in [0.3, 0.4) is 0 Å². The average molecular weight is 296 g/mol. The van der Waals surface area contributed by atoms with Crippen LogP contribution in [0.1, 0.15) is 26.3 Å². The second-order valence-electron chi connectivity index (χ2n) is 4.64. The molecule has 2 aromatic carbocycles. The van der Waals surface area contributed by atoms with E-state index in [1.165, 1.54) is 19.4 Å². The van der Waals surface area contributed by atoms with E-state index < -0.39 is 11.8 Å². The highest BCUT2D eigenvalue weighted by Crippen LogP contribution is 2.26. The van der Waals surface area contributed by atoms with Crippen LogP contribution < -0.4 is 4.74 Å². The topological polar surface area (TPSA) is 79.2 Å². The molecule has 1 aliphatic rings. The standard InChI is InChI=1S/C16H12N2O4/c1-22-14-7-6-10(8-13(14)19)9-17-18-15(20)11-4-2-3-5-12(11)16(18)21/h2-9,19H,1H3. The zero-order chi connectivity index (χ0) is 15.7. The highest BCUT2D eigenvalue weighted by molar-refractivity contribution is 6.21. The highest BCUT2D eigenvalue weighted by Gasteiger charge is 2.35. The lowest BCUT2D eigenvalue weighted by Crippen LogP contribution is -2.23. The zero-order valence-corrected chi connectivity index (χ0v) is 11.7. The van der Waals surface area contributed by atoms with Gasteiger partial charge < -0.3 is 9.84 Å². The minimum atomic E-state index is -0.463. The lowest BCUT2D eigenvalue weighted by molar-refractivity contribution is 0.0660. The normalized spacial score (nSPS) is 13.8. The number of carbonyl (C=O) groups is 2. The SMILES string of the molecule is COc1ccc(C=NN2C(=O)c3ccccc3C2=O)cc1O. The number of phenols is 1. The Bertz CT molecular complexity index is 763. The van der Waals surface area contributed by atoms with Gasteiger partial charge in [-0.2, -0.15) is 10.1 Å². The van der Waals surface area contributed by atoms with E-state index in [0.29, 0.717) is 22.4 Å². The van der Waals surface area contributed by atoms with Crippen LogP contribution in [-0.4, -0.2) is 35.3 Å². The van der Waals surface area contributed by atoms with Gasteiger partial charge in [0, 0.05) is 0 Å². The van der Waals surface area contributed by atoms with Crippen molar-refractivity contribution in [3.8, 4) is 11.5 Å². The zero-order valence-electron chi connectivity index (χ0n) is 11.7. The van der Waals surface area contributed by atoms with Gasteiger partial charge in [0.15, 0.2) is 11.5 Å². The van der Waals surface area contributed by atoms with E-state index in [-0.39, 0.29) is 5.75 Å². The maximum absolute atomic E-state index is 12.1. The number of imide groups is 1. The van der Waals surface area contributed by atoms with Gasteiger partial charge in [-0.1, -0.05) is 12.1 Å². The average Bonchev–Trinajstić information content (AvgIpc) is 2.77. The molecular weight excluding hydrogens is 284 g/mol. The maximum atomic E-state index is 12.1. The molecule has 0 atom stereocenters. The third-order valence-electron chi connectivity index (χ3n) is 3.30. The molecule has 1 aliphatic heterocycles. The number of carbonyl (C=O) groups excluding carboxylic acids is 2. The fourth-order valence-corrected chi connectivity index (χ4v) is 2.19. The summed E-state index contributed by atoms with van der Waals surface area (Å²) >= 11 is 0. The number of hydrogen-bond acceptors (Lipinski definition) is 5. The summed E-state index contributed by atoms with van der Waals surface area (Å²) in [6.45, 7) is 0. The lowest BCUT2D eigenvalue weighted by Gasteiger charge is -2.06. The van der Waals surface area contributed by atoms with Crippen molar-refractivity contribution in [3.63, 3.8) is 0 Å². The molecule has 110 valence electrons. The summed E-state index contributed by atoms with van der Waals surface area (Å²) in [6, 6.07) is 11.2. The predicted octanol–water partition coefficient (Wildman–Crippen LogP) is 2.03. The number of benzene rings is 2. The number of rotatable bonds is 3. The molecule has 0 fully saturated rings. The molecule has 0 unspecified atom stereocenters. The summed E-state index contributed by atoms with van der Waals surface area (Å²) in [6.07, 6.45) is 1.33. The van der Waals surface area contributed by atoms with Gasteiger partial charge in [-0.15, -0.1) is 0 Å². The fraction of sp³-hybridized carbons (Fsp3) is 0.0625. The van der Waals surface area contributed by atoms with Crippen molar-refractivity contribution in [3.05, 3.63) is 59.2 Å². The predicted molar refractivity (Wildman–Crippen MR) is 79.2 cm³/mol. The first kappa shape index (κ1) is 13.8. The molecule has 0 saturated heterocycles. The first-order valence-electron chi connectivity index (χ1n) is 6.50. The number of fused-ring (bicyclic) bond motifs is 1. The molecule has 22 heavy (non-hydrogen) atoms. The van der Waals surface area contributed by atoms with Gasteiger partial charge in [0.25, 0.3) is 11.8 Å². The van der Waals surface area contributed by atoms with Crippen LogP contribution in [0, 0.1) is 0 Å². The summed E-state index contributed by atoms with van der Waals surface area (Å²) in [5.41, 5.74) is 1.21. The molecular formula is C16H12N2O4. The van der Waals surface area contributed by atoms with Crippen molar-refractivity contribution >= 4 is 18.0 Å². The van der Waals surface area contributed by atoms with Crippen LogP contribution >= 0.6 is 0 Å². The molecule has 0 aromatic heterocycles. The van der Waals surface area contributed by atoms with Crippen LogP contribution in [0.4, 0.5) is 0 Å². The minimum absolute atomic E-state index is 0.0474.